The van der Waals surface area contributed by atoms with E-state index in [0.29, 0.717) is 12.1 Å². The second kappa shape index (κ2) is 5.45. The van der Waals surface area contributed by atoms with E-state index in [1.165, 1.54) is 0 Å². The molecule has 102 valence electrons. The third-order valence-electron chi connectivity index (χ3n) is 4.45. The van der Waals surface area contributed by atoms with Crippen molar-refractivity contribution in [1.82, 2.24) is 15.1 Å². The van der Waals surface area contributed by atoms with Crippen LogP contribution in [0.5, 0.6) is 0 Å². The second-order valence-corrected chi connectivity index (χ2v) is 5.49. The Kier molecular flexibility index (Phi) is 3.70. The topological polar surface area (TPSA) is 44.8 Å². The summed E-state index contributed by atoms with van der Waals surface area (Å²) in [5.41, 5.74) is 0. The predicted molar refractivity (Wildman–Crippen MR) is 68.5 cm³/mol. The number of hydrogen-bond donors (Lipinski definition) is 1. The standard InChI is InChI=1S/C13H23N3O2/c17-13-15(11-1-5-14-6-2-11)7-8-16(13)12-3-9-18-10-4-12/h11-12,14H,1-10H2. The fourth-order valence-corrected chi connectivity index (χ4v) is 3.36. The van der Waals surface area contributed by atoms with Crippen LogP contribution in [0.1, 0.15) is 25.7 Å². The van der Waals surface area contributed by atoms with Crippen molar-refractivity contribution in [3.8, 4) is 0 Å². The summed E-state index contributed by atoms with van der Waals surface area (Å²) >= 11 is 0. The molecule has 3 heterocycles. The van der Waals surface area contributed by atoms with Crippen molar-refractivity contribution in [2.45, 2.75) is 37.8 Å². The van der Waals surface area contributed by atoms with Gasteiger partial charge in [-0.3, -0.25) is 0 Å². The number of ether oxygens (including phenoxy) is 1. The molecule has 3 fully saturated rings. The molecule has 0 aromatic carbocycles. The molecule has 0 bridgehead atoms. The van der Waals surface area contributed by atoms with Gasteiger partial charge in [0.1, 0.15) is 0 Å². The van der Waals surface area contributed by atoms with E-state index in [1.54, 1.807) is 0 Å². The van der Waals surface area contributed by atoms with Gasteiger partial charge in [-0.1, -0.05) is 0 Å². The van der Waals surface area contributed by atoms with Crippen LogP contribution in [0.2, 0.25) is 0 Å². The highest BCUT2D eigenvalue weighted by atomic mass is 16.5. The van der Waals surface area contributed by atoms with E-state index in [4.69, 9.17) is 4.74 Å². The van der Waals surface area contributed by atoms with Crippen LogP contribution < -0.4 is 5.32 Å². The summed E-state index contributed by atoms with van der Waals surface area (Å²) in [7, 11) is 0. The first-order chi connectivity index (χ1) is 8.86. The molecule has 3 saturated heterocycles. The molecule has 3 aliphatic rings. The summed E-state index contributed by atoms with van der Waals surface area (Å²) < 4.78 is 5.38. The van der Waals surface area contributed by atoms with Crippen LogP contribution in [0.3, 0.4) is 0 Å². The second-order valence-electron chi connectivity index (χ2n) is 5.49. The van der Waals surface area contributed by atoms with Crippen molar-refractivity contribution in [3.05, 3.63) is 0 Å². The normalized spacial score (nSPS) is 28.1. The molecule has 18 heavy (non-hydrogen) atoms. The molecule has 1 N–H and O–H groups in total. The van der Waals surface area contributed by atoms with Gasteiger partial charge in [-0.2, -0.15) is 0 Å². The molecule has 2 amide bonds. The zero-order valence-electron chi connectivity index (χ0n) is 10.9. The monoisotopic (exact) mass is 253 g/mol. The van der Waals surface area contributed by atoms with Gasteiger partial charge < -0.3 is 19.9 Å². The Morgan fingerprint density at radius 1 is 0.944 bits per heavy atom. The Morgan fingerprint density at radius 3 is 2.11 bits per heavy atom. The molecular formula is C13H23N3O2. The number of rotatable bonds is 2. The molecule has 5 heteroatoms. The van der Waals surface area contributed by atoms with Crippen LogP contribution in [0, 0.1) is 0 Å². The molecule has 0 atom stereocenters. The maximum atomic E-state index is 12.5. The van der Waals surface area contributed by atoms with Crippen LogP contribution in [0.4, 0.5) is 4.79 Å². The molecule has 0 spiro atoms. The molecule has 0 radical (unpaired) electrons. The largest absolute Gasteiger partial charge is 0.381 e. The Labute approximate surface area is 108 Å². The lowest BCUT2D eigenvalue weighted by molar-refractivity contribution is 0.0499. The van der Waals surface area contributed by atoms with Gasteiger partial charge in [0.15, 0.2) is 0 Å². The number of nitrogens with one attached hydrogen (secondary N) is 1. The van der Waals surface area contributed by atoms with Gasteiger partial charge in [0.25, 0.3) is 0 Å². The highest BCUT2D eigenvalue weighted by Crippen LogP contribution is 2.24. The molecule has 3 rings (SSSR count). The van der Waals surface area contributed by atoms with Crippen LogP contribution >= 0.6 is 0 Å². The van der Waals surface area contributed by atoms with Crippen molar-refractivity contribution in [1.29, 1.82) is 0 Å². The number of carbonyl (C=O) groups excluding carboxylic acids is 1. The number of hydrogen-bond acceptors (Lipinski definition) is 3. The number of piperidine rings is 1. The molecule has 5 nitrogen and oxygen atoms in total. The molecular weight excluding hydrogens is 230 g/mol. The number of nitrogens with zero attached hydrogens (tertiary/aromatic N) is 2. The van der Waals surface area contributed by atoms with Gasteiger partial charge in [0.2, 0.25) is 0 Å². The Bertz CT molecular complexity index is 271. The molecule has 0 saturated carbocycles. The minimum Gasteiger partial charge on any atom is -0.381 e. The van der Waals surface area contributed by atoms with Crippen LogP contribution in [0.25, 0.3) is 0 Å². The highest BCUT2D eigenvalue weighted by molar-refractivity contribution is 5.77. The SMILES string of the molecule is O=C1N(C2CCNCC2)CCN1C1CCOCC1. The maximum Gasteiger partial charge on any atom is 0.320 e. The quantitative estimate of drug-likeness (QED) is 0.786. The van der Waals surface area contributed by atoms with Crippen molar-refractivity contribution in [3.63, 3.8) is 0 Å². The predicted octanol–water partition coefficient (Wildman–Crippen LogP) is 0.655. The number of urea groups is 1. The number of carbonyl (C=O) groups is 1. The van der Waals surface area contributed by atoms with E-state index in [1.807, 2.05) is 0 Å². The van der Waals surface area contributed by atoms with Crippen LogP contribution in [-0.4, -0.2) is 67.3 Å². The van der Waals surface area contributed by atoms with Gasteiger partial charge in [0, 0.05) is 38.4 Å². The van der Waals surface area contributed by atoms with Gasteiger partial charge in [-0.05, 0) is 38.8 Å². The van der Waals surface area contributed by atoms with Crippen LogP contribution in [-0.2, 0) is 4.74 Å². The van der Waals surface area contributed by atoms with Crippen LogP contribution in [0.15, 0.2) is 0 Å². The summed E-state index contributed by atoms with van der Waals surface area (Å²) in [5, 5.41) is 3.36. The first-order valence-electron chi connectivity index (χ1n) is 7.22. The minimum atomic E-state index is 0.272. The molecule has 0 unspecified atom stereocenters. The fraction of sp³-hybridized carbons (Fsp3) is 0.923. The Morgan fingerprint density at radius 2 is 1.50 bits per heavy atom. The summed E-state index contributed by atoms with van der Waals surface area (Å²) in [6, 6.07) is 1.15. The highest BCUT2D eigenvalue weighted by Gasteiger charge is 2.37. The summed E-state index contributed by atoms with van der Waals surface area (Å²) in [6.45, 7) is 5.54. The summed E-state index contributed by atoms with van der Waals surface area (Å²) in [6.07, 6.45) is 4.22. The first kappa shape index (κ1) is 12.2. The lowest BCUT2D eigenvalue weighted by Gasteiger charge is -2.34. The van der Waals surface area contributed by atoms with E-state index >= 15 is 0 Å². The molecule has 3 aliphatic heterocycles. The van der Waals surface area contributed by atoms with Crippen molar-refractivity contribution in [2.75, 3.05) is 39.4 Å². The average molecular weight is 253 g/mol. The summed E-state index contributed by atoms with van der Waals surface area (Å²) in [5.74, 6) is 0. The van der Waals surface area contributed by atoms with Gasteiger partial charge in [-0.25, -0.2) is 4.79 Å². The average Bonchev–Trinajstić information content (AvgIpc) is 2.83. The Balaban J connectivity index is 1.60. The van der Waals surface area contributed by atoms with Gasteiger partial charge in [-0.15, -0.1) is 0 Å². The molecule has 0 aromatic heterocycles. The van der Waals surface area contributed by atoms with Gasteiger partial charge in [0.05, 0.1) is 0 Å². The van der Waals surface area contributed by atoms with E-state index in [2.05, 4.69) is 15.1 Å². The first-order valence-corrected chi connectivity index (χ1v) is 7.22. The van der Waals surface area contributed by atoms with Crippen molar-refractivity contribution in [2.24, 2.45) is 0 Å². The molecule has 0 aromatic rings. The van der Waals surface area contributed by atoms with Gasteiger partial charge >= 0.3 is 6.03 Å². The Hall–Kier alpha value is -0.810. The maximum absolute atomic E-state index is 12.5. The van der Waals surface area contributed by atoms with E-state index < -0.39 is 0 Å². The fourth-order valence-electron chi connectivity index (χ4n) is 3.36. The van der Waals surface area contributed by atoms with Crippen molar-refractivity contribution < 1.29 is 9.53 Å². The third kappa shape index (κ3) is 2.34. The minimum absolute atomic E-state index is 0.272. The lowest BCUT2D eigenvalue weighted by Crippen LogP contribution is -2.47. The zero-order chi connectivity index (χ0) is 12.4. The third-order valence-corrected chi connectivity index (χ3v) is 4.45. The molecule has 0 aliphatic carbocycles. The number of amides is 2. The van der Waals surface area contributed by atoms with Crippen molar-refractivity contribution >= 4 is 6.03 Å². The van der Waals surface area contributed by atoms with E-state index in [0.717, 1.165) is 65.1 Å². The lowest BCUT2D eigenvalue weighted by atomic mass is 10.1. The summed E-state index contributed by atoms with van der Waals surface area (Å²) in [4.78, 5) is 16.7. The smallest absolute Gasteiger partial charge is 0.320 e. The van der Waals surface area contributed by atoms with E-state index in [9.17, 15) is 4.79 Å². The zero-order valence-corrected chi connectivity index (χ0v) is 10.9. The van der Waals surface area contributed by atoms with E-state index in [-0.39, 0.29) is 6.03 Å².